The van der Waals surface area contributed by atoms with Crippen molar-refractivity contribution in [2.24, 2.45) is 0 Å². The first-order valence-electron chi connectivity index (χ1n) is 7.79. The van der Waals surface area contributed by atoms with Crippen molar-refractivity contribution < 1.29 is 9.59 Å². The summed E-state index contributed by atoms with van der Waals surface area (Å²) in [6.07, 6.45) is 0. The van der Waals surface area contributed by atoms with Gasteiger partial charge in [-0.1, -0.05) is 24.3 Å². The van der Waals surface area contributed by atoms with Gasteiger partial charge < -0.3 is 10.6 Å². The molecule has 0 radical (unpaired) electrons. The fourth-order valence-corrected chi connectivity index (χ4v) is 2.86. The van der Waals surface area contributed by atoms with Gasteiger partial charge in [-0.15, -0.1) is 0 Å². The third kappa shape index (κ3) is 3.11. The van der Waals surface area contributed by atoms with Crippen LogP contribution in [0.2, 0.25) is 0 Å². The molecule has 23 heavy (non-hydrogen) atoms. The number of benzene rings is 2. The predicted octanol–water partition coefficient (Wildman–Crippen LogP) is 2.56. The Bertz CT molecular complexity index is 768. The summed E-state index contributed by atoms with van der Waals surface area (Å²) >= 11 is 0. The Labute approximate surface area is 135 Å². The van der Waals surface area contributed by atoms with Gasteiger partial charge in [0.15, 0.2) is 0 Å². The molecule has 118 valence electrons. The van der Waals surface area contributed by atoms with Crippen LogP contribution < -0.4 is 10.6 Å². The summed E-state index contributed by atoms with van der Waals surface area (Å²) < 4.78 is 0. The third-order valence-electron chi connectivity index (χ3n) is 4.43. The molecule has 2 N–H and O–H groups in total. The van der Waals surface area contributed by atoms with Crippen LogP contribution in [0.1, 0.15) is 43.3 Å². The lowest BCUT2D eigenvalue weighted by molar-refractivity contribution is 0.0935. The van der Waals surface area contributed by atoms with E-state index < -0.39 is 0 Å². The predicted molar refractivity (Wildman–Crippen MR) is 89.8 cm³/mol. The van der Waals surface area contributed by atoms with Crippen molar-refractivity contribution in [1.29, 1.82) is 0 Å². The molecule has 1 aliphatic heterocycles. The maximum Gasteiger partial charge on any atom is 0.251 e. The van der Waals surface area contributed by atoms with Gasteiger partial charge in [-0.3, -0.25) is 9.59 Å². The van der Waals surface area contributed by atoms with Gasteiger partial charge in [0.2, 0.25) is 0 Å². The molecule has 0 bridgehead atoms. The monoisotopic (exact) mass is 308 g/mol. The molecule has 2 amide bonds. The summed E-state index contributed by atoms with van der Waals surface area (Å²) in [4.78, 5) is 24.2. The van der Waals surface area contributed by atoms with E-state index in [-0.39, 0.29) is 17.7 Å². The summed E-state index contributed by atoms with van der Waals surface area (Å²) in [6, 6.07) is 13.3. The van der Waals surface area contributed by atoms with Gasteiger partial charge in [-0.2, -0.15) is 0 Å². The van der Waals surface area contributed by atoms with E-state index in [1.54, 1.807) is 0 Å². The average Bonchev–Trinajstić information content (AvgIpc) is 2.57. The van der Waals surface area contributed by atoms with Crippen LogP contribution in [0, 0.1) is 13.8 Å². The third-order valence-corrected chi connectivity index (χ3v) is 4.43. The Hall–Kier alpha value is -2.62. The second kappa shape index (κ2) is 6.24. The number of nitrogens with one attached hydrogen (secondary N) is 2. The first-order chi connectivity index (χ1) is 11.1. The van der Waals surface area contributed by atoms with Crippen molar-refractivity contribution in [3.05, 3.63) is 70.3 Å². The molecular weight excluding hydrogens is 288 g/mol. The Morgan fingerprint density at radius 3 is 2.74 bits per heavy atom. The van der Waals surface area contributed by atoms with Crippen LogP contribution in [0.4, 0.5) is 0 Å². The minimum atomic E-state index is -0.0810. The van der Waals surface area contributed by atoms with Crippen molar-refractivity contribution in [2.45, 2.75) is 19.8 Å². The van der Waals surface area contributed by atoms with E-state index in [0.717, 1.165) is 11.1 Å². The molecule has 4 nitrogen and oxygen atoms in total. The molecule has 1 aliphatic rings. The highest BCUT2D eigenvalue weighted by Gasteiger charge is 2.25. The van der Waals surface area contributed by atoms with Gasteiger partial charge in [0.05, 0.1) is 0 Å². The zero-order valence-electron chi connectivity index (χ0n) is 13.3. The van der Waals surface area contributed by atoms with Crippen molar-refractivity contribution in [1.82, 2.24) is 10.6 Å². The van der Waals surface area contributed by atoms with Crippen molar-refractivity contribution in [2.75, 3.05) is 13.1 Å². The van der Waals surface area contributed by atoms with Crippen molar-refractivity contribution in [3.8, 4) is 0 Å². The fourth-order valence-electron chi connectivity index (χ4n) is 2.86. The van der Waals surface area contributed by atoms with Gasteiger partial charge >= 0.3 is 0 Å². The molecule has 0 fully saturated rings. The van der Waals surface area contributed by atoms with E-state index in [9.17, 15) is 9.59 Å². The van der Waals surface area contributed by atoms with E-state index in [1.165, 1.54) is 5.56 Å². The van der Waals surface area contributed by atoms with Crippen LogP contribution in [0.5, 0.6) is 0 Å². The van der Waals surface area contributed by atoms with E-state index in [4.69, 9.17) is 0 Å². The number of carbonyl (C=O) groups excluding carboxylic acids is 2. The molecule has 0 saturated heterocycles. The molecule has 0 spiro atoms. The number of aryl methyl sites for hydroxylation is 2. The molecule has 0 aliphatic carbocycles. The average molecular weight is 308 g/mol. The van der Waals surface area contributed by atoms with E-state index >= 15 is 0 Å². The van der Waals surface area contributed by atoms with Gasteiger partial charge in [0, 0.05) is 30.1 Å². The fraction of sp³-hybridized carbons (Fsp3) is 0.263. The molecule has 3 rings (SSSR count). The van der Waals surface area contributed by atoms with Crippen LogP contribution in [-0.4, -0.2) is 24.9 Å². The summed E-state index contributed by atoms with van der Waals surface area (Å²) in [5, 5.41) is 5.86. The molecule has 2 aromatic carbocycles. The second-order valence-corrected chi connectivity index (χ2v) is 6.00. The van der Waals surface area contributed by atoms with E-state index in [2.05, 4.69) is 10.6 Å². The van der Waals surface area contributed by atoms with Crippen molar-refractivity contribution in [3.63, 3.8) is 0 Å². The van der Waals surface area contributed by atoms with Crippen LogP contribution in [0.25, 0.3) is 0 Å². The molecule has 0 saturated carbocycles. The lowest BCUT2D eigenvalue weighted by Gasteiger charge is -2.25. The summed E-state index contributed by atoms with van der Waals surface area (Å²) in [5.74, 6) is -0.0285. The van der Waals surface area contributed by atoms with E-state index in [0.29, 0.717) is 24.2 Å². The topological polar surface area (TPSA) is 58.2 Å². The highest BCUT2D eigenvalue weighted by Crippen LogP contribution is 2.23. The summed E-state index contributed by atoms with van der Waals surface area (Å²) in [6.45, 7) is 5.07. The minimum Gasteiger partial charge on any atom is -0.351 e. The quantitative estimate of drug-likeness (QED) is 0.915. The van der Waals surface area contributed by atoms with E-state index in [1.807, 2.05) is 56.3 Å². The Kier molecular flexibility index (Phi) is 4.15. The highest BCUT2D eigenvalue weighted by molar-refractivity contribution is 5.97. The largest absolute Gasteiger partial charge is 0.351 e. The van der Waals surface area contributed by atoms with Crippen LogP contribution in [0.15, 0.2) is 42.5 Å². The normalized spacial score (nSPS) is 16.4. The van der Waals surface area contributed by atoms with Crippen molar-refractivity contribution >= 4 is 11.8 Å². The summed E-state index contributed by atoms with van der Waals surface area (Å²) in [7, 11) is 0. The van der Waals surface area contributed by atoms with Gasteiger partial charge in [-0.05, 0) is 48.7 Å². The van der Waals surface area contributed by atoms with Gasteiger partial charge in [0.1, 0.15) is 0 Å². The Morgan fingerprint density at radius 1 is 1.17 bits per heavy atom. The highest BCUT2D eigenvalue weighted by atomic mass is 16.2. The molecular formula is C19H20N2O2. The number of hydrogen-bond acceptors (Lipinski definition) is 2. The smallest absolute Gasteiger partial charge is 0.251 e. The van der Waals surface area contributed by atoms with Crippen LogP contribution in [-0.2, 0) is 0 Å². The SMILES string of the molecule is Cc1ccc(C(=O)NCC2CNC(=O)c3ccccc32)cc1C. The standard InChI is InChI=1S/C19H20N2O2/c1-12-7-8-14(9-13(12)2)18(22)20-10-15-11-21-19(23)17-6-4-3-5-16(15)17/h3-9,15H,10-11H2,1-2H3,(H,20,22)(H,21,23). The second-order valence-electron chi connectivity index (χ2n) is 6.00. The Morgan fingerprint density at radius 2 is 1.96 bits per heavy atom. The summed E-state index contributed by atoms with van der Waals surface area (Å²) in [5.41, 5.74) is 4.64. The molecule has 1 unspecified atom stereocenters. The van der Waals surface area contributed by atoms with Crippen LogP contribution >= 0.6 is 0 Å². The molecule has 1 heterocycles. The maximum absolute atomic E-state index is 12.3. The lowest BCUT2D eigenvalue weighted by Crippen LogP contribution is -2.40. The van der Waals surface area contributed by atoms with Gasteiger partial charge in [0.25, 0.3) is 11.8 Å². The number of rotatable bonds is 3. The molecule has 2 aromatic rings. The molecule has 4 heteroatoms. The molecule has 1 atom stereocenters. The number of amides is 2. The minimum absolute atomic E-state index is 0.0441. The molecule has 0 aromatic heterocycles. The Balaban J connectivity index is 1.71. The first-order valence-corrected chi connectivity index (χ1v) is 7.79. The first kappa shape index (κ1) is 15.3. The number of fused-ring (bicyclic) bond motifs is 1. The zero-order chi connectivity index (χ0) is 16.4. The zero-order valence-corrected chi connectivity index (χ0v) is 13.3. The maximum atomic E-state index is 12.3. The van der Waals surface area contributed by atoms with Crippen LogP contribution in [0.3, 0.4) is 0 Å². The van der Waals surface area contributed by atoms with Gasteiger partial charge in [-0.25, -0.2) is 0 Å². The number of carbonyl (C=O) groups is 2. The number of hydrogen-bond donors (Lipinski definition) is 2. The lowest BCUT2D eigenvalue weighted by atomic mass is 9.90.